The Bertz CT molecular complexity index is 308. The molecule has 0 saturated carbocycles. The minimum absolute atomic E-state index is 0.646. The summed E-state index contributed by atoms with van der Waals surface area (Å²) in [5.74, 6) is 0.646. The van der Waals surface area contributed by atoms with Gasteiger partial charge in [0.05, 0.1) is 17.1 Å². The van der Waals surface area contributed by atoms with E-state index in [4.69, 9.17) is 0 Å². The fourth-order valence-corrected chi connectivity index (χ4v) is 1.68. The van der Waals surface area contributed by atoms with Gasteiger partial charge < -0.3 is 0 Å². The first kappa shape index (κ1) is 10.9. The van der Waals surface area contributed by atoms with Crippen LogP contribution in [-0.2, 0) is 6.42 Å². The molecule has 0 bridgehead atoms. The van der Waals surface area contributed by atoms with Gasteiger partial charge in [0.2, 0.25) is 0 Å². The summed E-state index contributed by atoms with van der Waals surface area (Å²) < 4.78 is 1.02. The van der Waals surface area contributed by atoms with E-state index in [1.165, 1.54) is 0 Å². The maximum atomic E-state index is 4.54. The van der Waals surface area contributed by atoms with Gasteiger partial charge in [0, 0.05) is 0 Å². The Hall–Kier alpha value is -0.190. The summed E-state index contributed by atoms with van der Waals surface area (Å²) in [7, 11) is 0. The smallest absolute Gasteiger partial charge is 0.122 e. The van der Waals surface area contributed by atoms with Crippen molar-refractivity contribution in [2.75, 3.05) is 0 Å². The zero-order chi connectivity index (χ0) is 10.0. The molecule has 1 aromatic rings. The molecule has 1 heterocycles. The van der Waals surface area contributed by atoms with E-state index in [-0.39, 0.29) is 0 Å². The van der Waals surface area contributed by atoms with Gasteiger partial charge in [-0.25, -0.2) is 4.98 Å². The Morgan fingerprint density at radius 3 is 2.31 bits per heavy atom. The monoisotopic (exact) mass is 290 g/mol. The number of rotatable bonds is 2. The first-order valence-electron chi connectivity index (χ1n) is 4.50. The second-order valence-electron chi connectivity index (χ2n) is 3.73. The molecular weight excluding hydrogens is 275 g/mol. The van der Waals surface area contributed by atoms with Gasteiger partial charge in [-0.15, -0.1) is 0 Å². The lowest BCUT2D eigenvalue weighted by atomic mass is 10.1. The Morgan fingerprint density at radius 1 is 1.15 bits per heavy atom. The van der Waals surface area contributed by atoms with E-state index in [0.29, 0.717) is 5.92 Å². The Balaban J connectivity index is 3.01. The highest BCUT2D eigenvalue weighted by molar-refractivity contribution is 14.1. The van der Waals surface area contributed by atoms with E-state index in [0.717, 1.165) is 27.2 Å². The van der Waals surface area contributed by atoms with Crippen molar-refractivity contribution in [1.29, 1.82) is 0 Å². The van der Waals surface area contributed by atoms with E-state index in [9.17, 15) is 0 Å². The van der Waals surface area contributed by atoms with Crippen LogP contribution in [-0.4, -0.2) is 9.97 Å². The van der Waals surface area contributed by atoms with Crippen molar-refractivity contribution in [2.45, 2.75) is 34.1 Å². The van der Waals surface area contributed by atoms with Crippen molar-refractivity contribution in [2.24, 2.45) is 5.92 Å². The van der Waals surface area contributed by atoms with Crippen LogP contribution in [0.5, 0.6) is 0 Å². The second-order valence-corrected chi connectivity index (χ2v) is 4.75. The third-order valence-corrected chi connectivity index (χ3v) is 2.91. The Kier molecular flexibility index (Phi) is 3.64. The van der Waals surface area contributed by atoms with E-state index in [1.54, 1.807) is 0 Å². The van der Waals surface area contributed by atoms with Gasteiger partial charge >= 0.3 is 0 Å². The lowest BCUT2D eigenvalue weighted by Gasteiger charge is -2.08. The topological polar surface area (TPSA) is 25.8 Å². The molecule has 0 saturated heterocycles. The number of nitrogens with zero attached hydrogens (tertiary/aromatic N) is 2. The van der Waals surface area contributed by atoms with Gasteiger partial charge in [-0.05, 0) is 48.8 Å². The van der Waals surface area contributed by atoms with Crippen LogP contribution < -0.4 is 0 Å². The maximum absolute atomic E-state index is 4.54. The summed E-state index contributed by atoms with van der Waals surface area (Å²) in [6.45, 7) is 8.45. The molecule has 0 unspecified atom stereocenters. The van der Waals surface area contributed by atoms with Crippen molar-refractivity contribution in [3.8, 4) is 0 Å². The predicted molar refractivity (Wildman–Crippen MR) is 62.8 cm³/mol. The zero-order valence-corrected chi connectivity index (χ0v) is 10.7. The van der Waals surface area contributed by atoms with Gasteiger partial charge in [-0.2, -0.15) is 0 Å². The molecule has 0 fully saturated rings. The fourth-order valence-electron chi connectivity index (χ4n) is 1.20. The van der Waals surface area contributed by atoms with Crippen LogP contribution in [0.1, 0.15) is 30.9 Å². The standard InChI is InChI=1S/C10H15IN2/c1-6(2)5-9-7(3)13-10(11)8(4)12-9/h6H,5H2,1-4H3. The molecular formula is C10H15IN2. The molecule has 2 nitrogen and oxygen atoms in total. The van der Waals surface area contributed by atoms with Crippen LogP contribution in [0.25, 0.3) is 0 Å². The van der Waals surface area contributed by atoms with Gasteiger partial charge in [0.25, 0.3) is 0 Å². The molecule has 0 aliphatic rings. The average molecular weight is 290 g/mol. The molecule has 13 heavy (non-hydrogen) atoms. The summed E-state index contributed by atoms with van der Waals surface area (Å²) in [4.78, 5) is 8.99. The highest BCUT2D eigenvalue weighted by Crippen LogP contribution is 2.13. The molecule has 1 rings (SSSR count). The number of aromatic nitrogens is 2. The maximum Gasteiger partial charge on any atom is 0.122 e. The summed E-state index contributed by atoms with van der Waals surface area (Å²) in [5, 5.41) is 0. The Morgan fingerprint density at radius 2 is 1.77 bits per heavy atom. The molecule has 0 aliphatic heterocycles. The van der Waals surface area contributed by atoms with Gasteiger partial charge in [0.1, 0.15) is 3.70 Å². The summed E-state index contributed by atoms with van der Waals surface area (Å²) in [6.07, 6.45) is 1.02. The molecule has 0 aromatic carbocycles. The first-order chi connectivity index (χ1) is 6.00. The minimum atomic E-state index is 0.646. The molecule has 0 amide bonds. The average Bonchev–Trinajstić information content (AvgIpc) is 1.99. The molecule has 0 atom stereocenters. The molecule has 0 spiro atoms. The van der Waals surface area contributed by atoms with E-state index in [1.807, 2.05) is 13.8 Å². The summed E-state index contributed by atoms with van der Waals surface area (Å²) in [5.41, 5.74) is 3.26. The van der Waals surface area contributed by atoms with Crippen molar-refractivity contribution >= 4 is 22.6 Å². The van der Waals surface area contributed by atoms with Crippen LogP contribution in [0.15, 0.2) is 0 Å². The third-order valence-electron chi connectivity index (χ3n) is 1.89. The lowest BCUT2D eigenvalue weighted by molar-refractivity contribution is 0.626. The van der Waals surface area contributed by atoms with E-state index < -0.39 is 0 Å². The SMILES string of the molecule is Cc1nc(CC(C)C)c(C)nc1I. The molecule has 0 aliphatic carbocycles. The molecule has 3 heteroatoms. The lowest BCUT2D eigenvalue weighted by Crippen LogP contribution is -2.05. The first-order valence-corrected chi connectivity index (χ1v) is 5.58. The molecule has 72 valence electrons. The van der Waals surface area contributed by atoms with Crippen LogP contribution in [0, 0.1) is 23.5 Å². The van der Waals surface area contributed by atoms with Crippen molar-refractivity contribution < 1.29 is 0 Å². The molecule has 1 aromatic heterocycles. The Labute approximate surface area is 93.3 Å². The minimum Gasteiger partial charge on any atom is -0.254 e. The highest BCUT2D eigenvalue weighted by atomic mass is 127. The van der Waals surface area contributed by atoms with Crippen molar-refractivity contribution in [1.82, 2.24) is 9.97 Å². The normalized spacial score (nSPS) is 10.9. The summed E-state index contributed by atoms with van der Waals surface area (Å²) in [6, 6.07) is 0. The number of aryl methyl sites for hydroxylation is 2. The van der Waals surface area contributed by atoms with E-state index in [2.05, 4.69) is 46.4 Å². The van der Waals surface area contributed by atoms with Crippen LogP contribution in [0.2, 0.25) is 0 Å². The predicted octanol–water partition coefficient (Wildman–Crippen LogP) is 2.90. The zero-order valence-electron chi connectivity index (χ0n) is 8.56. The second kappa shape index (κ2) is 4.35. The number of hydrogen-bond acceptors (Lipinski definition) is 2. The van der Waals surface area contributed by atoms with Gasteiger partial charge in [-0.3, -0.25) is 4.98 Å². The summed E-state index contributed by atoms with van der Waals surface area (Å²) >= 11 is 2.23. The van der Waals surface area contributed by atoms with Crippen molar-refractivity contribution in [3.05, 3.63) is 20.8 Å². The van der Waals surface area contributed by atoms with E-state index >= 15 is 0 Å². The van der Waals surface area contributed by atoms with Gasteiger partial charge in [-0.1, -0.05) is 13.8 Å². The van der Waals surface area contributed by atoms with Gasteiger partial charge in [0.15, 0.2) is 0 Å². The molecule has 0 N–H and O–H groups in total. The van der Waals surface area contributed by atoms with Crippen LogP contribution in [0.3, 0.4) is 0 Å². The largest absolute Gasteiger partial charge is 0.254 e. The highest BCUT2D eigenvalue weighted by Gasteiger charge is 2.07. The number of halogens is 1. The van der Waals surface area contributed by atoms with Crippen molar-refractivity contribution in [3.63, 3.8) is 0 Å². The van der Waals surface area contributed by atoms with Crippen LogP contribution >= 0.6 is 22.6 Å². The fraction of sp³-hybridized carbons (Fsp3) is 0.600. The number of hydrogen-bond donors (Lipinski definition) is 0. The quantitative estimate of drug-likeness (QED) is 0.783. The van der Waals surface area contributed by atoms with Crippen LogP contribution in [0.4, 0.5) is 0 Å². The third kappa shape index (κ3) is 2.90. The molecule has 0 radical (unpaired) electrons.